The van der Waals surface area contributed by atoms with Crippen molar-refractivity contribution < 1.29 is 18.6 Å². The Morgan fingerprint density at radius 3 is 1.11 bits per heavy atom. The van der Waals surface area contributed by atoms with Crippen molar-refractivity contribution in [3.8, 4) is 0 Å². The van der Waals surface area contributed by atoms with E-state index in [4.69, 9.17) is 18.6 Å². The van der Waals surface area contributed by atoms with Crippen molar-refractivity contribution in [3.05, 3.63) is 103 Å². The minimum absolute atomic E-state index is 0.0457. The van der Waals surface area contributed by atoms with Crippen molar-refractivity contribution in [1.29, 1.82) is 0 Å². The van der Waals surface area contributed by atoms with E-state index >= 15 is 0 Å². The van der Waals surface area contributed by atoms with Gasteiger partial charge in [-0.05, 0) is 101 Å². The second-order valence-electron chi connectivity index (χ2n) is 15.4. The number of rotatable bonds is 7. The molecule has 0 aromatic heterocycles. The van der Waals surface area contributed by atoms with E-state index in [2.05, 4.69) is 167 Å². The number of hydrogen-bond acceptors (Lipinski definition) is 5. The van der Waals surface area contributed by atoms with Crippen LogP contribution in [0.1, 0.15) is 107 Å². The van der Waals surface area contributed by atoms with E-state index in [1.165, 1.54) is 5.56 Å². The van der Waals surface area contributed by atoms with Gasteiger partial charge < -0.3 is 23.5 Å². The van der Waals surface area contributed by atoms with E-state index < -0.39 is 36.6 Å². The van der Waals surface area contributed by atoms with Gasteiger partial charge in [-0.2, -0.15) is 0 Å². The zero-order valence-electron chi connectivity index (χ0n) is 31.1. The fourth-order valence-electron chi connectivity index (χ4n) is 5.47. The third-order valence-electron chi connectivity index (χ3n) is 10.1. The molecule has 2 heterocycles. The van der Waals surface area contributed by atoms with E-state index in [1.807, 2.05) is 13.8 Å². The average molecular weight is 636 g/mol. The van der Waals surface area contributed by atoms with Crippen molar-refractivity contribution in [2.24, 2.45) is 0 Å². The van der Waals surface area contributed by atoms with Crippen LogP contribution in [0.4, 0.5) is 5.69 Å². The number of anilines is 1. The number of nitrogens with zero attached hydrogens (tertiary/aromatic N) is 1. The lowest BCUT2D eigenvalue weighted by Gasteiger charge is -2.32. The Kier molecular flexibility index (Phi) is 10.2. The average Bonchev–Trinajstić information content (AvgIpc) is 3.37. The van der Waals surface area contributed by atoms with Gasteiger partial charge in [0.15, 0.2) is 0 Å². The summed E-state index contributed by atoms with van der Waals surface area (Å²) in [6.45, 7) is 36.4. The first-order valence-electron chi connectivity index (χ1n) is 16.9. The van der Waals surface area contributed by atoms with Crippen LogP contribution in [0.25, 0.3) is 11.4 Å². The van der Waals surface area contributed by atoms with E-state index in [1.54, 1.807) is 0 Å². The summed E-state index contributed by atoms with van der Waals surface area (Å²) in [7, 11) is -0.841. The Morgan fingerprint density at radius 2 is 0.830 bits per heavy atom. The van der Waals surface area contributed by atoms with Crippen LogP contribution in [0, 0.1) is 0 Å². The molecule has 0 saturated carbocycles. The molecule has 0 unspecified atom stereocenters. The molecule has 0 amide bonds. The van der Waals surface area contributed by atoms with Gasteiger partial charge in [-0.3, -0.25) is 0 Å². The molecule has 0 atom stereocenters. The Hall–Kier alpha value is -3.09. The molecule has 5 rings (SSSR count). The van der Waals surface area contributed by atoms with Crippen molar-refractivity contribution in [1.82, 2.24) is 0 Å². The first-order valence-corrected chi connectivity index (χ1v) is 16.9. The molecule has 5 nitrogen and oxygen atoms in total. The van der Waals surface area contributed by atoms with Gasteiger partial charge >= 0.3 is 14.2 Å². The molecule has 2 aliphatic heterocycles. The number of hydrogen-bond donors (Lipinski definition) is 0. The Morgan fingerprint density at radius 1 is 0.532 bits per heavy atom. The molecule has 3 aromatic rings. The van der Waals surface area contributed by atoms with Crippen LogP contribution >= 0.6 is 0 Å². The van der Waals surface area contributed by atoms with Crippen LogP contribution < -0.4 is 15.8 Å². The second-order valence-corrected chi connectivity index (χ2v) is 15.4. The quantitative estimate of drug-likeness (QED) is 0.243. The Bertz CT molecular complexity index is 1440. The summed E-state index contributed by atoms with van der Waals surface area (Å²) >= 11 is 0. The Labute approximate surface area is 285 Å². The highest BCUT2D eigenvalue weighted by molar-refractivity contribution is 6.62. The second kappa shape index (κ2) is 13.1. The highest BCUT2D eigenvalue weighted by Gasteiger charge is 2.52. The minimum Gasteiger partial charge on any atom is -0.399 e. The van der Waals surface area contributed by atoms with Gasteiger partial charge in [0, 0.05) is 17.1 Å². The van der Waals surface area contributed by atoms with Gasteiger partial charge in [0.05, 0.1) is 22.4 Å². The summed E-state index contributed by atoms with van der Waals surface area (Å²) in [5.41, 5.74) is 6.25. The third kappa shape index (κ3) is 7.34. The summed E-state index contributed by atoms with van der Waals surface area (Å²) in [6.07, 6.45) is 0. The van der Waals surface area contributed by atoms with Crippen LogP contribution in [-0.4, -0.2) is 36.6 Å². The highest BCUT2D eigenvalue weighted by atomic mass is 16.7. The van der Waals surface area contributed by atoms with Gasteiger partial charge in [0.2, 0.25) is 0 Å². The molecule has 2 aliphatic rings. The molecule has 250 valence electrons. The predicted molar refractivity (Wildman–Crippen MR) is 201 cm³/mol. The lowest BCUT2D eigenvalue weighted by Crippen LogP contribution is -2.41. The fraction of sp³-hybridized carbons (Fsp3) is 0.450. The maximum atomic E-state index is 6.28. The first-order chi connectivity index (χ1) is 21.7. The van der Waals surface area contributed by atoms with E-state index in [0.717, 1.165) is 39.1 Å². The lowest BCUT2D eigenvalue weighted by molar-refractivity contribution is 0.00578. The van der Waals surface area contributed by atoms with Crippen LogP contribution in [0.3, 0.4) is 0 Å². The summed E-state index contributed by atoms with van der Waals surface area (Å²) in [5.74, 6) is 0. The van der Waals surface area contributed by atoms with Crippen LogP contribution in [-0.2, 0) is 24.0 Å². The van der Waals surface area contributed by atoms with Gasteiger partial charge in [0.25, 0.3) is 0 Å². The van der Waals surface area contributed by atoms with Crippen LogP contribution in [0.5, 0.6) is 0 Å². The van der Waals surface area contributed by atoms with Crippen LogP contribution in [0.15, 0.2) is 86.0 Å². The molecule has 2 saturated heterocycles. The highest BCUT2D eigenvalue weighted by Crippen LogP contribution is 2.39. The molecule has 47 heavy (non-hydrogen) atoms. The molecule has 0 radical (unpaired) electrons. The largest absolute Gasteiger partial charge is 0.494 e. The predicted octanol–water partition coefficient (Wildman–Crippen LogP) is 8.76. The standard InChI is InChI=1S/C38H49B2NO4.C2H6/c1-26(28-14-20-31(21-15-28)39-42-35(6,7)36(8,9)43-39)41(33-24-18-30(19-25-33)34(3,4)5)27(2)29-16-22-32(23-17-29)40-44-37(10,11)38(12,13)45-40;1-2/h14-25H,1-2H2,3-13H3;1-2H3. The topological polar surface area (TPSA) is 40.2 Å². The molecule has 7 heteroatoms. The van der Waals surface area contributed by atoms with Crippen molar-refractivity contribution in [2.45, 2.75) is 118 Å². The third-order valence-corrected chi connectivity index (χ3v) is 10.1. The van der Waals surface area contributed by atoms with Crippen LogP contribution in [0.2, 0.25) is 0 Å². The van der Waals surface area contributed by atoms with Gasteiger partial charge in [0.1, 0.15) is 0 Å². The fourth-order valence-corrected chi connectivity index (χ4v) is 5.47. The summed E-state index contributed by atoms with van der Waals surface area (Å²) in [4.78, 5) is 2.13. The summed E-state index contributed by atoms with van der Waals surface area (Å²) < 4.78 is 25.1. The zero-order chi connectivity index (χ0) is 35.2. The molecule has 0 spiro atoms. The molecule has 3 aromatic carbocycles. The molecule has 0 N–H and O–H groups in total. The van der Waals surface area contributed by atoms with Gasteiger partial charge in [-0.25, -0.2) is 0 Å². The smallest absolute Gasteiger partial charge is 0.399 e. The van der Waals surface area contributed by atoms with E-state index in [9.17, 15) is 0 Å². The van der Waals surface area contributed by atoms with Crippen molar-refractivity contribution in [2.75, 3.05) is 4.90 Å². The van der Waals surface area contributed by atoms with Crippen molar-refractivity contribution in [3.63, 3.8) is 0 Å². The SMILES string of the molecule is C=C(c1ccc(B2OC(C)(C)C(C)(C)O2)cc1)N(C(=C)c1ccc(B2OC(C)(C)C(C)(C)O2)cc1)c1ccc(C(C)(C)C)cc1.CC. The molecule has 2 fully saturated rings. The Balaban J connectivity index is 0.00000245. The normalized spacial score (nSPS) is 19.2. The molecular formula is C40H55B2NO4. The zero-order valence-corrected chi connectivity index (χ0v) is 31.1. The molecular weight excluding hydrogens is 580 g/mol. The first kappa shape index (κ1) is 36.7. The van der Waals surface area contributed by atoms with Crippen molar-refractivity contribution >= 4 is 42.2 Å². The van der Waals surface area contributed by atoms with E-state index in [0.29, 0.717) is 0 Å². The molecule has 0 aliphatic carbocycles. The maximum absolute atomic E-state index is 6.28. The van der Waals surface area contributed by atoms with Gasteiger partial charge in [-0.1, -0.05) is 108 Å². The minimum atomic E-state index is -0.421. The molecule has 0 bridgehead atoms. The van der Waals surface area contributed by atoms with Gasteiger partial charge in [-0.15, -0.1) is 0 Å². The monoisotopic (exact) mass is 635 g/mol. The summed E-state index contributed by atoms with van der Waals surface area (Å²) in [5, 5.41) is 0. The summed E-state index contributed by atoms with van der Waals surface area (Å²) in [6, 6.07) is 25.2. The maximum Gasteiger partial charge on any atom is 0.494 e. The number of benzene rings is 3. The lowest BCUT2D eigenvalue weighted by atomic mass is 9.78. The van der Waals surface area contributed by atoms with E-state index in [-0.39, 0.29) is 5.41 Å².